The molecule has 0 aliphatic heterocycles. The van der Waals surface area contributed by atoms with Gasteiger partial charge >= 0.3 is 0 Å². The Balaban J connectivity index is 1.97. The first-order chi connectivity index (χ1) is 10.2. The van der Waals surface area contributed by atoms with Crippen LogP contribution in [0.25, 0.3) is 10.9 Å². The minimum Gasteiger partial charge on any atom is -0.439 e. The van der Waals surface area contributed by atoms with Crippen LogP contribution in [0, 0.1) is 12.7 Å². The Labute approximate surface area is 122 Å². The molecule has 106 valence electrons. The van der Waals surface area contributed by atoms with Crippen LogP contribution >= 0.6 is 0 Å². The van der Waals surface area contributed by atoms with E-state index in [0.29, 0.717) is 17.2 Å². The van der Waals surface area contributed by atoms with E-state index in [4.69, 9.17) is 10.5 Å². The van der Waals surface area contributed by atoms with E-state index < -0.39 is 0 Å². The molecule has 1 heterocycles. The van der Waals surface area contributed by atoms with E-state index in [0.717, 1.165) is 16.5 Å². The Morgan fingerprint density at radius 3 is 2.71 bits per heavy atom. The van der Waals surface area contributed by atoms with E-state index in [1.807, 2.05) is 37.3 Å². The molecule has 21 heavy (non-hydrogen) atoms. The largest absolute Gasteiger partial charge is 0.439 e. The van der Waals surface area contributed by atoms with Crippen LogP contribution in [0.4, 0.5) is 4.39 Å². The number of benzene rings is 2. The molecule has 3 rings (SSSR count). The summed E-state index contributed by atoms with van der Waals surface area (Å²) in [5, 5.41) is 1.05. The van der Waals surface area contributed by atoms with E-state index in [1.165, 1.54) is 6.07 Å². The normalized spacial score (nSPS) is 10.8. The predicted molar refractivity (Wildman–Crippen MR) is 80.8 cm³/mol. The third-order valence-electron chi connectivity index (χ3n) is 3.33. The molecule has 0 aliphatic carbocycles. The van der Waals surface area contributed by atoms with Gasteiger partial charge < -0.3 is 10.5 Å². The van der Waals surface area contributed by atoms with E-state index >= 15 is 0 Å². The summed E-state index contributed by atoms with van der Waals surface area (Å²) in [5.41, 5.74) is 7.65. The summed E-state index contributed by atoms with van der Waals surface area (Å²) in [7, 11) is 0. The summed E-state index contributed by atoms with van der Waals surface area (Å²) in [5.74, 6) is 0.526. The lowest BCUT2D eigenvalue weighted by atomic mass is 10.1. The fourth-order valence-corrected chi connectivity index (χ4v) is 2.18. The Hall–Kier alpha value is -2.46. The Bertz CT molecular complexity index is 802. The maximum Gasteiger partial charge on any atom is 0.222 e. The summed E-state index contributed by atoms with van der Waals surface area (Å²) >= 11 is 0. The van der Waals surface area contributed by atoms with Gasteiger partial charge in [-0.15, -0.1) is 0 Å². The SMILES string of the molecule is Cc1cc2ccccc2nc1Oc1ccc(CN)c(F)c1. The zero-order chi connectivity index (χ0) is 14.8. The van der Waals surface area contributed by atoms with E-state index in [9.17, 15) is 4.39 Å². The van der Waals surface area contributed by atoms with Crippen LogP contribution in [0.3, 0.4) is 0 Å². The van der Waals surface area contributed by atoms with Crippen LogP contribution in [-0.2, 0) is 6.54 Å². The number of hydrogen-bond donors (Lipinski definition) is 1. The van der Waals surface area contributed by atoms with Gasteiger partial charge in [0.15, 0.2) is 0 Å². The van der Waals surface area contributed by atoms with Crippen molar-refractivity contribution in [3.8, 4) is 11.6 Å². The van der Waals surface area contributed by atoms with Crippen molar-refractivity contribution in [3.05, 3.63) is 65.5 Å². The highest BCUT2D eigenvalue weighted by Gasteiger charge is 2.08. The van der Waals surface area contributed by atoms with Crippen LogP contribution in [0.15, 0.2) is 48.5 Å². The minimum atomic E-state index is -0.367. The van der Waals surface area contributed by atoms with Crippen LogP contribution in [0.2, 0.25) is 0 Å². The monoisotopic (exact) mass is 282 g/mol. The molecule has 0 saturated heterocycles. The lowest BCUT2D eigenvalue weighted by Gasteiger charge is -2.10. The molecule has 2 aromatic carbocycles. The van der Waals surface area contributed by atoms with Crippen molar-refractivity contribution >= 4 is 10.9 Å². The molecule has 3 nitrogen and oxygen atoms in total. The molecule has 0 bridgehead atoms. The Morgan fingerprint density at radius 2 is 1.95 bits per heavy atom. The van der Waals surface area contributed by atoms with Crippen LogP contribution < -0.4 is 10.5 Å². The molecule has 0 amide bonds. The molecule has 0 spiro atoms. The highest BCUT2D eigenvalue weighted by Crippen LogP contribution is 2.27. The van der Waals surface area contributed by atoms with Gasteiger partial charge in [-0.3, -0.25) is 0 Å². The van der Waals surface area contributed by atoms with Crippen LogP contribution in [0.5, 0.6) is 11.6 Å². The summed E-state index contributed by atoms with van der Waals surface area (Å²) in [4.78, 5) is 4.47. The first-order valence-electron chi connectivity index (χ1n) is 6.70. The summed E-state index contributed by atoms with van der Waals surface area (Å²) in [6.07, 6.45) is 0. The standard InChI is InChI=1S/C17H15FN2O/c1-11-8-12-4-2-3-5-16(12)20-17(11)21-14-7-6-13(10-19)15(18)9-14/h2-9H,10,19H2,1H3. The van der Waals surface area contributed by atoms with Gasteiger partial charge in [0.2, 0.25) is 5.88 Å². The lowest BCUT2D eigenvalue weighted by molar-refractivity contribution is 0.455. The van der Waals surface area contributed by atoms with Crippen molar-refractivity contribution < 1.29 is 9.13 Å². The van der Waals surface area contributed by atoms with Gasteiger partial charge in [-0.05, 0) is 25.1 Å². The highest BCUT2D eigenvalue weighted by atomic mass is 19.1. The molecule has 1 aromatic heterocycles. The zero-order valence-electron chi connectivity index (χ0n) is 11.6. The molecule has 2 N–H and O–H groups in total. The fraction of sp³-hybridized carbons (Fsp3) is 0.118. The van der Waals surface area contributed by atoms with Crippen LogP contribution in [0.1, 0.15) is 11.1 Å². The van der Waals surface area contributed by atoms with Crippen molar-refractivity contribution in [3.63, 3.8) is 0 Å². The Kier molecular flexibility index (Phi) is 3.54. The average molecular weight is 282 g/mol. The number of nitrogens with zero attached hydrogens (tertiary/aromatic N) is 1. The molecule has 0 fully saturated rings. The fourth-order valence-electron chi connectivity index (χ4n) is 2.18. The second kappa shape index (κ2) is 5.50. The highest BCUT2D eigenvalue weighted by molar-refractivity contribution is 5.80. The second-order valence-electron chi connectivity index (χ2n) is 4.86. The molecular weight excluding hydrogens is 267 g/mol. The maximum absolute atomic E-state index is 13.7. The topological polar surface area (TPSA) is 48.1 Å². The quantitative estimate of drug-likeness (QED) is 0.791. The van der Waals surface area contributed by atoms with Crippen molar-refractivity contribution in [1.82, 2.24) is 4.98 Å². The molecule has 0 atom stereocenters. The number of fused-ring (bicyclic) bond motifs is 1. The number of aryl methyl sites for hydroxylation is 1. The third kappa shape index (κ3) is 2.71. The van der Waals surface area contributed by atoms with E-state index in [2.05, 4.69) is 4.98 Å². The number of nitrogens with two attached hydrogens (primary N) is 1. The van der Waals surface area contributed by atoms with E-state index in [-0.39, 0.29) is 12.4 Å². The molecule has 4 heteroatoms. The first kappa shape index (κ1) is 13.5. The van der Waals surface area contributed by atoms with Gasteiger partial charge in [-0.2, -0.15) is 0 Å². The molecule has 0 unspecified atom stereocenters. The number of para-hydroxylation sites is 1. The summed E-state index contributed by atoms with van der Waals surface area (Å²) < 4.78 is 19.4. The molecule has 0 radical (unpaired) electrons. The molecule has 0 saturated carbocycles. The smallest absolute Gasteiger partial charge is 0.222 e. The lowest BCUT2D eigenvalue weighted by Crippen LogP contribution is -2.00. The number of hydrogen-bond acceptors (Lipinski definition) is 3. The van der Waals surface area contributed by atoms with Gasteiger partial charge in [0.05, 0.1) is 5.52 Å². The number of rotatable bonds is 3. The van der Waals surface area contributed by atoms with Gasteiger partial charge in [-0.25, -0.2) is 9.37 Å². The molecular formula is C17H15FN2O. The predicted octanol–water partition coefficient (Wildman–Crippen LogP) is 3.93. The van der Waals surface area contributed by atoms with Gasteiger partial charge in [-0.1, -0.05) is 24.3 Å². The third-order valence-corrected chi connectivity index (χ3v) is 3.33. The zero-order valence-corrected chi connectivity index (χ0v) is 11.6. The van der Waals surface area contributed by atoms with Crippen molar-refractivity contribution in [2.24, 2.45) is 5.73 Å². The van der Waals surface area contributed by atoms with Gasteiger partial charge in [0.1, 0.15) is 11.6 Å². The number of halogens is 1. The summed E-state index contributed by atoms with van der Waals surface area (Å²) in [6, 6.07) is 14.5. The number of pyridine rings is 1. The Morgan fingerprint density at radius 1 is 1.14 bits per heavy atom. The molecule has 3 aromatic rings. The van der Waals surface area contributed by atoms with Gasteiger partial charge in [0.25, 0.3) is 0 Å². The number of aromatic nitrogens is 1. The minimum absolute atomic E-state index is 0.166. The first-order valence-corrected chi connectivity index (χ1v) is 6.70. The van der Waals surface area contributed by atoms with E-state index in [1.54, 1.807) is 12.1 Å². The maximum atomic E-state index is 13.7. The van der Waals surface area contributed by atoms with Gasteiger partial charge in [0, 0.05) is 29.1 Å². The second-order valence-corrected chi connectivity index (χ2v) is 4.86. The van der Waals surface area contributed by atoms with Crippen molar-refractivity contribution in [2.75, 3.05) is 0 Å². The number of ether oxygens (including phenoxy) is 1. The van der Waals surface area contributed by atoms with Crippen molar-refractivity contribution in [1.29, 1.82) is 0 Å². The average Bonchev–Trinajstić information content (AvgIpc) is 2.48. The summed E-state index contributed by atoms with van der Waals surface area (Å²) in [6.45, 7) is 2.08. The van der Waals surface area contributed by atoms with Crippen molar-refractivity contribution in [2.45, 2.75) is 13.5 Å². The van der Waals surface area contributed by atoms with Crippen LogP contribution in [-0.4, -0.2) is 4.98 Å². The molecule has 0 aliphatic rings.